The molecule has 20 heavy (non-hydrogen) atoms. The van der Waals surface area contributed by atoms with Gasteiger partial charge in [-0.25, -0.2) is 0 Å². The molecule has 0 radical (unpaired) electrons. The lowest BCUT2D eigenvalue weighted by Gasteiger charge is -2.38. The van der Waals surface area contributed by atoms with E-state index in [9.17, 15) is 0 Å². The summed E-state index contributed by atoms with van der Waals surface area (Å²) in [7, 11) is 0. The molecule has 0 aliphatic carbocycles. The zero-order valence-corrected chi connectivity index (χ0v) is 13.6. The van der Waals surface area contributed by atoms with Gasteiger partial charge >= 0.3 is 0 Å². The summed E-state index contributed by atoms with van der Waals surface area (Å²) in [6.45, 7) is 12.6. The lowest BCUT2D eigenvalue weighted by molar-refractivity contribution is 0.263. The third-order valence-electron chi connectivity index (χ3n) is 4.74. The normalized spacial score (nSPS) is 17.5. The maximum absolute atomic E-state index is 3.59. The van der Waals surface area contributed by atoms with Crippen LogP contribution in [0.3, 0.4) is 0 Å². The van der Waals surface area contributed by atoms with Crippen molar-refractivity contribution < 1.29 is 0 Å². The Morgan fingerprint density at radius 2 is 2.00 bits per heavy atom. The van der Waals surface area contributed by atoms with Gasteiger partial charge in [-0.1, -0.05) is 39.0 Å². The van der Waals surface area contributed by atoms with Gasteiger partial charge in [0.05, 0.1) is 0 Å². The number of para-hydroxylation sites is 1. The Balaban J connectivity index is 2.16. The molecule has 0 saturated carbocycles. The maximum Gasteiger partial charge on any atom is 0.0398 e. The first kappa shape index (κ1) is 15.4. The first-order valence-electron chi connectivity index (χ1n) is 8.11. The molecule has 2 heteroatoms. The average Bonchev–Trinajstić information content (AvgIpc) is 2.62. The van der Waals surface area contributed by atoms with Crippen molar-refractivity contribution in [2.45, 2.75) is 53.0 Å². The largest absolute Gasteiger partial charge is 0.371 e. The Morgan fingerprint density at radius 3 is 2.75 bits per heavy atom. The van der Waals surface area contributed by atoms with E-state index in [1.54, 1.807) is 0 Å². The van der Waals surface area contributed by atoms with Crippen LogP contribution in [-0.2, 0) is 6.42 Å². The van der Waals surface area contributed by atoms with E-state index in [0.717, 1.165) is 13.1 Å². The van der Waals surface area contributed by atoms with Crippen LogP contribution in [-0.4, -0.2) is 25.7 Å². The van der Waals surface area contributed by atoms with Gasteiger partial charge in [0.25, 0.3) is 0 Å². The Bertz CT molecular complexity index is 425. The summed E-state index contributed by atoms with van der Waals surface area (Å²) in [6, 6.07) is 9.48. The SMILES string of the molecule is CCNC(C)C(C)(C)CN1CCCCc2ccccc21. The highest BCUT2D eigenvalue weighted by Crippen LogP contribution is 2.30. The molecule has 0 aromatic heterocycles. The van der Waals surface area contributed by atoms with Gasteiger partial charge in [-0.15, -0.1) is 0 Å². The highest BCUT2D eigenvalue weighted by atomic mass is 15.1. The van der Waals surface area contributed by atoms with Crippen molar-refractivity contribution in [1.82, 2.24) is 5.32 Å². The molecule has 0 fully saturated rings. The summed E-state index contributed by atoms with van der Waals surface area (Å²) >= 11 is 0. The molecule has 1 aromatic carbocycles. The number of nitrogens with zero attached hydrogens (tertiary/aromatic N) is 1. The molecule has 0 spiro atoms. The second-order valence-corrected chi connectivity index (χ2v) is 6.78. The molecule has 0 amide bonds. The summed E-state index contributed by atoms with van der Waals surface area (Å²) in [5.74, 6) is 0. The van der Waals surface area contributed by atoms with Crippen molar-refractivity contribution in [2.75, 3.05) is 24.5 Å². The molecule has 2 rings (SSSR count). The van der Waals surface area contributed by atoms with Gasteiger partial charge in [0.2, 0.25) is 0 Å². The van der Waals surface area contributed by atoms with Crippen molar-refractivity contribution >= 4 is 5.69 Å². The molecule has 1 aliphatic heterocycles. The van der Waals surface area contributed by atoms with E-state index in [1.807, 2.05) is 0 Å². The molecule has 2 nitrogen and oxygen atoms in total. The number of rotatable bonds is 5. The number of benzene rings is 1. The lowest BCUT2D eigenvalue weighted by atomic mass is 9.84. The molecule has 1 unspecified atom stereocenters. The molecule has 1 aliphatic rings. The topological polar surface area (TPSA) is 15.3 Å². The van der Waals surface area contributed by atoms with E-state index < -0.39 is 0 Å². The average molecular weight is 274 g/mol. The fraction of sp³-hybridized carbons (Fsp3) is 0.667. The Morgan fingerprint density at radius 1 is 1.25 bits per heavy atom. The van der Waals surface area contributed by atoms with Crippen LogP contribution in [0.2, 0.25) is 0 Å². The van der Waals surface area contributed by atoms with E-state index in [-0.39, 0.29) is 5.41 Å². The molecular formula is C18H30N2. The number of anilines is 1. The van der Waals surface area contributed by atoms with Gasteiger partial charge < -0.3 is 10.2 Å². The zero-order chi connectivity index (χ0) is 14.6. The van der Waals surface area contributed by atoms with Crippen LogP contribution in [0.5, 0.6) is 0 Å². The molecule has 1 N–H and O–H groups in total. The summed E-state index contributed by atoms with van der Waals surface area (Å²) in [4.78, 5) is 2.61. The van der Waals surface area contributed by atoms with Crippen LogP contribution < -0.4 is 10.2 Å². The number of fused-ring (bicyclic) bond motifs is 1. The van der Waals surface area contributed by atoms with Crippen molar-refractivity contribution in [3.8, 4) is 0 Å². The molecule has 112 valence electrons. The lowest BCUT2D eigenvalue weighted by Crippen LogP contribution is -2.47. The standard InChI is InChI=1S/C18H30N2/c1-5-19-15(2)18(3,4)14-20-13-9-8-11-16-10-6-7-12-17(16)20/h6-7,10,12,15,19H,5,8-9,11,13-14H2,1-4H3. The van der Waals surface area contributed by atoms with Crippen molar-refractivity contribution in [3.63, 3.8) is 0 Å². The predicted molar refractivity (Wildman–Crippen MR) is 88.5 cm³/mol. The van der Waals surface area contributed by atoms with Crippen molar-refractivity contribution in [3.05, 3.63) is 29.8 Å². The van der Waals surface area contributed by atoms with Crippen LogP contribution in [0.15, 0.2) is 24.3 Å². The van der Waals surface area contributed by atoms with Gasteiger partial charge in [-0.2, -0.15) is 0 Å². The van der Waals surface area contributed by atoms with E-state index >= 15 is 0 Å². The van der Waals surface area contributed by atoms with Gasteiger partial charge in [0.15, 0.2) is 0 Å². The predicted octanol–water partition coefficient (Wildman–Crippen LogP) is 3.85. The Kier molecular flexibility index (Phi) is 5.09. The minimum atomic E-state index is 0.271. The molecule has 1 heterocycles. The fourth-order valence-electron chi connectivity index (χ4n) is 3.14. The van der Waals surface area contributed by atoms with Crippen LogP contribution >= 0.6 is 0 Å². The van der Waals surface area contributed by atoms with Crippen LogP contribution in [0.1, 0.15) is 46.1 Å². The van der Waals surface area contributed by atoms with Gasteiger partial charge in [0.1, 0.15) is 0 Å². The molecule has 0 saturated heterocycles. The van der Waals surface area contributed by atoms with Gasteiger partial charge in [0, 0.05) is 24.8 Å². The van der Waals surface area contributed by atoms with E-state index in [4.69, 9.17) is 0 Å². The molecule has 0 bridgehead atoms. The second-order valence-electron chi connectivity index (χ2n) is 6.78. The summed E-state index contributed by atoms with van der Waals surface area (Å²) in [5.41, 5.74) is 3.26. The third-order valence-corrected chi connectivity index (χ3v) is 4.74. The Hall–Kier alpha value is -1.02. The quantitative estimate of drug-likeness (QED) is 0.877. The van der Waals surface area contributed by atoms with Gasteiger partial charge in [-0.3, -0.25) is 0 Å². The first-order chi connectivity index (χ1) is 9.54. The summed E-state index contributed by atoms with van der Waals surface area (Å²) in [6.07, 6.45) is 3.85. The van der Waals surface area contributed by atoms with Crippen LogP contribution in [0.25, 0.3) is 0 Å². The summed E-state index contributed by atoms with van der Waals surface area (Å²) < 4.78 is 0. The Labute approximate surface area is 124 Å². The van der Waals surface area contributed by atoms with Gasteiger partial charge in [-0.05, 0) is 49.8 Å². The number of nitrogens with one attached hydrogen (secondary N) is 1. The maximum atomic E-state index is 3.59. The van der Waals surface area contributed by atoms with Crippen LogP contribution in [0.4, 0.5) is 5.69 Å². The van der Waals surface area contributed by atoms with E-state index in [1.165, 1.54) is 37.1 Å². The highest BCUT2D eigenvalue weighted by Gasteiger charge is 2.29. The second kappa shape index (κ2) is 6.62. The monoisotopic (exact) mass is 274 g/mol. The van der Waals surface area contributed by atoms with Crippen molar-refractivity contribution in [2.24, 2.45) is 5.41 Å². The molecule has 1 atom stereocenters. The fourth-order valence-corrected chi connectivity index (χ4v) is 3.14. The summed E-state index contributed by atoms with van der Waals surface area (Å²) in [5, 5.41) is 3.59. The number of aryl methyl sites for hydroxylation is 1. The number of hydrogen-bond donors (Lipinski definition) is 1. The van der Waals surface area contributed by atoms with Crippen molar-refractivity contribution in [1.29, 1.82) is 0 Å². The number of hydrogen-bond acceptors (Lipinski definition) is 2. The highest BCUT2D eigenvalue weighted by molar-refractivity contribution is 5.54. The molecule has 1 aromatic rings. The molecular weight excluding hydrogens is 244 g/mol. The van der Waals surface area contributed by atoms with E-state index in [0.29, 0.717) is 6.04 Å². The first-order valence-corrected chi connectivity index (χ1v) is 8.11. The smallest absolute Gasteiger partial charge is 0.0398 e. The van der Waals surface area contributed by atoms with E-state index in [2.05, 4.69) is 62.2 Å². The zero-order valence-electron chi connectivity index (χ0n) is 13.6. The third kappa shape index (κ3) is 3.54. The minimum Gasteiger partial charge on any atom is -0.371 e. The minimum absolute atomic E-state index is 0.271. The van der Waals surface area contributed by atoms with Crippen LogP contribution in [0, 0.1) is 5.41 Å².